The van der Waals surface area contributed by atoms with Crippen LogP contribution in [0.15, 0.2) is 65.7 Å². The Morgan fingerprint density at radius 3 is 2.63 bits per heavy atom. The molecule has 1 aliphatic heterocycles. The highest BCUT2D eigenvalue weighted by Crippen LogP contribution is 2.25. The molecule has 0 bridgehead atoms. The van der Waals surface area contributed by atoms with E-state index in [2.05, 4.69) is 25.9 Å². The van der Waals surface area contributed by atoms with Gasteiger partial charge in [-0.3, -0.25) is 14.6 Å². The van der Waals surface area contributed by atoms with Crippen molar-refractivity contribution in [3.8, 4) is 0 Å². The van der Waals surface area contributed by atoms with Crippen LogP contribution >= 0.6 is 24.0 Å². The fourth-order valence-electron chi connectivity index (χ4n) is 3.61. The van der Waals surface area contributed by atoms with E-state index in [0.717, 1.165) is 11.1 Å². The van der Waals surface area contributed by atoms with Gasteiger partial charge in [0.15, 0.2) is 0 Å². The quantitative estimate of drug-likeness (QED) is 0.373. The third kappa shape index (κ3) is 6.36. The Balaban J connectivity index is 0.00000342. The Morgan fingerprint density at radius 2 is 1.89 bits per heavy atom. The van der Waals surface area contributed by atoms with Gasteiger partial charge in [-0.15, -0.1) is 12.4 Å². The van der Waals surface area contributed by atoms with Crippen molar-refractivity contribution in [1.29, 1.82) is 0 Å². The van der Waals surface area contributed by atoms with Crippen LogP contribution < -0.4 is 21.7 Å². The zero-order valence-corrected chi connectivity index (χ0v) is 20.6. The van der Waals surface area contributed by atoms with Crippen LogP contribution in [0, 0.1) is 0 Å². The molecule has 35 heavy (non-hydrogen) atoms. The smallest absolute Gasteiger partial charge is 0.274 e. The summed E-state index contributed by atoms with van der Waals surface area (Å²) < 4.78 is 0. The summed E-state index contributed by atoms with van der Waals surface area (Å²) in [5.41, 5.74) is 8.42. The second kappa shape index (κ2) is 11.8. The van der Waals surface area contributed by atoms with Crippen LogP contribution in [0.25, 0.3) is 0 Å². The van der Waals surface area contributed by atoms with Crippen LogP contribution in [0.2, 0.25) is 5.02 Å². The van der Waals surface area contributed by atoms with Gasteiger partial charge in [-0.2, -0.15) is 0 Å². The van der Waals surface area contributed by atoms with E-state index in [1.54, 1.807) is 36.5 Å². The number of hydrogen-bond acceptors (Lipinski definition) is 6. The molecule has 2 aromatic carbocycles. The molecule has 8 nitrogen and oxygen atoms in total. The van der Waals surface area contributed by atoms with Gasteiger partial charge in [-0.05, 0) is 55.8 Å². The van der Waals surface area contributed by atoms with Crippen LogP contribution in [0.4, 0.5) is 11.5 Å². The molecule has 182 valence electrons. The fourth-order valence-corrected chi connectivity index (χ4v) is 3.77. The van der Waals surface area contributed by atoms with E-state index >= 15 is 0 Å². The minimum atomic E-state index is -0.440. The average Bonchev–Trinajstić information content (AvgIpc) is 2.85. The lowest BCUT2D eigenvalue weighted by molar-refractivity contribution is 0.0934. The number of carbonyl (C=O) groups excluding carboxylic acids is 2. The average molecular weight is 513 g/mol. The van der Waals surface area contributed by atoms with Crippen molar-refractivity contribution in [2.45, 2.75) is 25.6 Å². The number of anilines is 2. The number of aromatic nitrogens is 1. The summed E-state index contributed by atoms with van der Waals surface area (Å²) in [6, 6.07) is 17.5. The molecule has 0 aliphatic carbocycles. The van der Waals surface area contributed by atoms with Crippen LogP contribution in [0.5, 0.6) is 0 Å². The standard InChI is InChI=1S/C25H25ClN6O2.ClH/c1-15-28-14-18-8-10-21(30-23(18)29-15)25(34)32-22-13-17(7-9-19(22)26)24(33)31-20(11-12-27)16-5-3-2-4-6-16;/h2-10,13-15,20H,11-12,27H2,1H3,(H,29,30)(H,31,33)(H,32,34);1H. The number of amides is 2. The first kappa shape index (κ1) is 26.2. The van der Waals surface area contributed by atoms with Gasteiger partial charge in [-0.1, -0.05) is 41.9 Å². The summed E-state index contributed by atoms with van der Waals surface area (Å²) in [6.45, 7) is 2.31. The molecule has 0 saturated heterocycles. The van der Waals surface area contributed by atoms with E-state index in [4.69, 9.17) is 17.3 Å². The number of hydrogen-bond donors (Lipinski definition) is 4. The molecule has 0 radical (unpaired) electrons. The highest BCUT2D eigenvalue weighted by Gasteiger charge is 2.19. The van der Waals surface area contributed by atoms with E-state index < -0.39 is 5.91 Å². The maximum Gasteiger partial charge on any atom is 0.274 e. The van der Waals surface area contributed by atoms with Gasteiger partial charge in [0.2, 0.25) is 0 Å². The van der Waals surface area contributed by atoms with Crippen molar-refractivity contribution in [2.24, 2.45) is 10.7 Å². The number of fused-ring (bicyclic) bond motifs is 1. The molecule has 4 rings (SSSR count). The molecule has 10 heteroatoms. The molecule has 1 aromatic heterocycles. The lowest BCUT2D eigenvalue weighted by Crippen LogP contribution is -2.30. The van der Waals surface area contributed by atoms with E-state index in [9.17, 15) is 9.59 Å². The van der Waals surface area contributed by atoms with Crippen LogP contribution in [0.1, 0.15) is 51.4 Å². The molecule has 0 saturated carbocycles. The number of rotatable bonds is 7. The largest absolute Gasteiger partial charge is 0.348 e. The summed E-state index contributed by atoms with van der Waals surface area (Å²) in [4.78, 5) is 34.5. The number of aliphatic imine (C=N–C) groups is 1. The summed E-state index contributed by atoms with van der Waals surface area (Å²) in [5.74, 6) is -0.149. The first-order chi connectivity index (χ1) is 16.4. The summed E-state index contributed by atoms with van der Waals surface area (Å²) >= 11 is 6.31. The highest BCUT2D eigenvalue weighted by atomic mass is 35.5. The molecule has 5 N–H and O–H groups in total. The number of nitrogens with two attached hydrogens (primary N) is 1. The minimum Gasteiger partial charge on any atom is -0.348 e. The molecule has 2 unspecified atom stereocenters. The second-order valence-corrected chi connectivity index (χ2v) is 8.30. The van der Waals surface area contributed by atoms with Crippen LogP contribution in [-0.4, -0.2) is 35.7 Å². The maximum absolute atomic E-state index is 13.0. The van der Waals surface area contributed by atoms with E-state index in [-0.39, 0.29) is 36.2 Å². The predicted octanol–water partition coefficient (Wildman–Crippen LogP) is 4.42. The van der Waals surface area contributed by atoms with Gasteiger partial charge < -0.3 is 21.7 Å². The van der Waals surface area contributed by atoms with Crippen molar-refractivity contribution in [3.63, 3.8) is 0 Å². The summed E-state index contributed by atoms with van der Waals surface area (Å²) in [6.07, 6.45) is 2.19. The minimum absolute atomic E-state index is 0. The van der Waals surface area contributed by atoms with E-state index in [1.165, 1.54) is 0 Å². The van der Waals surface area contributed by atoms with Gasteiger partial charge in [0, 0.05) is 17.3 Å². The van der Waals surface area contributed by atoms with Gasteiger partial charge >= 0.3 is 0 Å². The molecule has 0 fully saturated rings. The number of carbonyl (C=O) groups is 2. The highest BCUT2D eigenvalue weighted by molar-refractivity contribution is 6.34. The van der Waals surface area contributed by atoms with Gasteiger partial charge in [-0.25, -0.2) is 4.98 Å². The molecule has 0 spiro atoms. The predicted molar refractivity (Wildman–Crippen MR) is 142 cm³/mol. The Morgan fingerprint density at radius 1 is 1.11 bits per heavy atom. The van der Waals surface area contributed by atoms with E-state index in [1.807, 2.05) is 37.3 Å². The zero-order valence-electron chi connectivity index (χ0n) is 19.0. The van der Waals surface area contributed by atoms with Crippen molar-refractivity contribution >= 4 is 53.5 Å². The zero-order chi connectivity index (χ0) is 24.1. The van der Waals surface area contributed by atoms with Crippen LogP contribution in [0.3, 0.4) is 0 Å². The molecule has 3 aromatic rings. The Hall–Kier alpha value is -3.46. The number of nitrogens with zero attached hydrogens (tertiary/aromatic N) is 2. The first-order valence-electron chi connectivity index (χ1n) is 10.9. The maximum atomic E-state index is 13.0. The molecule has 2 amide bonds. The summed E-state index contributed by atoms with van der Waals surface area (Å²) in [5, 5.41) is 9.20. The third-order valence-electron chi connectivity index (χ3n) is 5.38. The second-order valence-electron chi connectivity index (χ2n) is 7.90. The topological polar surface area (TPSA) is 122 Å². The van der Waals surface area contributed by atoms with Gasteiger partial charge in [0.05, 0.1) is 16.8 Å². The van der Waals surface area contributed by atoms with Crippen molar-refractivity contribution in [2.75, 3.05) is 17.2 Å². The Bertz CT molecular complexity index is 1240. The molecular formula is C25H26Cl2N6O2. The first-order valence-corrected chi connectivity index (χ1v) is 11.3. The molecule has 2 atom stereocenters. The number of halogens is 2. The number of benzene rings is 2. The Kier molecular flexibility index (Phi) is 8.81. The van der Waals surface area contributed by atoms with Gasteiger partial charge in [0.1, 0.15) is 17.7 Å². The third-order valence-corrected chi connectivity index (χ3v) is 5.71. The van der Waals surface area contributed by atoms with Gasteiger partial charge in [0.25, 0.3) is 11.8 Å². The fraction of sp³-hybridized carbons (Fsp3) is 0.200. The molecule has 1 aliphatic rings. The molecule has 2 heterocycles. The number of pyridine rings is 1. The number of nitrogens with one attached hydrogen (secondary N) is 3. The molecular weight excluding hydrogens is 487 g/mol. The van der Waals surface area contributed by atoms with Crippen molar-refractivity contribution in [3.05, 3.63) is 88.1 Å². The Labute approximate surface area is 214 Å². The SMILES string of the molecule is CC1N=Cc2ccc(C(=O)Nc3cc(C(=O)NC(CCN)c4ccccc4)ccc3Cl)nc2N1.Cl. The normalized spacial score (nSPS) is 14.7. The van der Waals surface area contributed by atoms with E-state index in [0.29, 0.717) is 35.1 Å². The summed E-state index contributed by atoms with van der Waals surface area (Å²) in [7, 11) is 0. The van der Waals surface area contributed by atoms with Crippen molar-refractivity contribution < 1.29 is 9.59 Å². The van der Waals surface area contributed by atoms with Crippen molar-refractivity contribution in [1.82, 2.24) is 10.3 Å². The van der Waals surface area contributed by atoms with Crippen LogP contribution in [-0.2, 0) is 0 Å². The lowest BCUT2D eigenvalue weighted by Gasteiger charge is -2.19. The monoisotopic (exact) mass is 512 g/mol. The lowest BCUT2D eigenvalue weighted by atomic mass is 10.0.